The van der Waals surface area contributed by atoms with Gasteiger partial charge < -0.3 is 0 Å². The Labute approximate surface area is 143 Å². The van der Waals surface area contributed by atoms with E-state index in [0.717, 1.165) is 16.9 Å². The Hall–Kier alpha value is -2.25. The van der Waals surface area contributed by atoms with E-state index in [1.54, 1.807) is 0 Å². The van der Waals surface area contributed by atoms with Gasteiger partial charge in [-0.1, -0.05) is 23.2 Å². The summed E-state index contributed by atoms with van der Waals surface area (Å²) in [5, 5.41) is 3.68. The molecule has 3 aromatic rings. The average molecular weight is 374 g/mol. The molecule has 9 heteroatoms. The molecule has 2 heterocycles. The second kappa shape index (κ2) is 5.99. The molecule has 0 unspecified atom stereocenters. The van der Waals surface area contributed by atoms with Crippen LogP contribution in [0.15, 0.2) is 53.6 Å². The Morgan fingerprint density at radius 1 is 0.958 bits per heavy atom. The zero-order chi connectivity index (χ0) is 17.5. The quantitative estimate of drug-likeness (QED) is 0.669. The Morgan fingerprint density at radius 3 is 2.21 bits per heavy atom. The molecular formula is C15H8Cl2F3N3O. The van der Waals surface area contributed by atoms with Crippen LogP contribution in [0, 0.1) is 0 Å². The first-order chi connectivity index (χ1) is 11.3. The van der Waals surface area contributed by atoms with E-state index in [1.165, 1.54) is 41.1 Å². The second-order valence-corrected chi connectivity index (χ2v) is 5.58. The zero-order valence-corrected chi connectivity index (χ0v) is 13.3. The van der Waals surface area contributed by atoms with Crippen molar-refractivity contribution < 1.29 is 13.2 Å². The molecule has 0 atom stereocenters. The van der Waals surface area contributed by atoms with E-state index in [1.807, 2.05) is 0 Å². The van der Waals surface area contributed by atoms with Crippen LogP contribution in [-0.4, -0.2) is 14.3 Å². The van der Waals surface area contributed by atoms with Crippen LogP contribution in [0.3, 0.4) is 0 Å². The first kappa shape index (κ1) is 16.6. The van der Waals surface area contributed by atoms with Crippen molar-refractivity contribution in [3.63, 3.8) is 0 Å². The summed E-state index contributed by atoms with van der Waals surface area (Å²) in [7, 11) is 0. The van der Waals surface area contributed by atoms with Gasteiger partial charge in [0.05, 0.1) is 16.9 Å². The minimum absolute atomic E-state index is 0.126. The van der Waals surface area contributed by atoms with Crippen molar-refractivity contribution in [1.29, 1.82) is 0 Å². The molecule has 4 nitrogen and oxygen atoms in total. The minimum atomic E-state index is -4.52. The summed E-state index contributed by atoms with van der Waals surface area (Å²) in [5.41, 5.74) is -0.763. The van der Waals surface area contributed by atoms with Gasteiger partial charge in [0.15, 0.2) is 0 Å². The second-order valence-electron chi connectivity index (χ2n) is 4.80. The van der Waals surface area contributed by atoms with Crippen LogP contribution in [0.4, 0.5) is 13.2 Å². The van der Waals surface area contributed by atoms with E-state index < -0.39 is 17.4 Å². The average Bonchev–Trinajstić information content (AvgIpc) is 3.03. The maximum Gasteiger partial charge on any atom is 0.433 e. The van der Waals surface area contributed by atoms with E-state index in [-0.39, 0.29) is 15.7 Å². The third kappa shape index (κ3) is 2.92. The van der Waals surface area contributed by atoms with E-state index in [2.05, 4.69) is 5.10 Å². The molecule has 1 aromatic carbocycles. The Morgan fingerprint density at radius 2 is 1.58 bits per heavy atom. The van der Waals surface area contributed by atoms with Gasteiger partial charge in [-0.2, -0.15) is 18.3 Å². The molecule has 0 aliphatic carbocycles. The first-order valence-electron chi connectivity index (χ1n) is 6.58. The highest BCUT2D eigenvalue weighted by atomic mass is 35.5. The lowest BCUT2D eigenvalue weighted by atomic mass is 10.2. The monoisotopic (exact) mass is 373 g/mol. The topological polar surface area (TPSA) is 39.8 Å². The lowest BCUT2D eigenvalue weighted by Gasteiger charge is -2.11. The van der Waals surface area contributed by atoms with Gasteiger partial charge in [-0.25, -0.2) is 4.68 Å². The molecule has 0 aliphatic rings. The van der Waals surface area contributed by atoms with Gasteiger partial charge in [-0.3, -0.25) is 9.36 Å². The maximum absolute atomic E-state index is 12.9. The zero-order valence-electron chi connectivity index (χ0n) is 11.8. The molecule has 24 heavy (non-hydrogen) atoms. The van der Waals surface area contributed by atoms with Crippen molar-refractivity contribution in [2.75, 3.05) is 0 Å². The van der Waals surface area contributed by atoms with Gasteiger partial charge in [0.2, 0.25) is 0 Å². The Balaban J connectivity index is 2.03. The lowest BCUT2D eigenvalue weighted by Crippen LogP contribution is -2.18. The SMILES string of the molecule is O=c1c(Cl)c(Cl)ccn1-c1ccc(-n2nccc2C(F)(F)F)cc1. The van der Waals surface area contributed by atoms with E-state index >= 15 is 0 Å². The summed E-state index contributed by atoms with van der Waals surface area (Å²) in [6.45, 7) is 0. The van der Waals surface area contributed by atoms with Gasteiger partial charge >= 0.3 is 6.18 Å². The fourth-order valence-corrected chi connectivity index (χ4v) is 2.46. The van der Waals surface area contributed by atoms with Gasteiger partial charge in [-0.15, -0.1) is 0 Å². The van der Waals surface area contributed by atoms with Crippen molar-refractivity contribution in [3.8, 4) is 11.4 Å². The summed E-state index contributed by atoms with van der Waals surface area (Å²) >= 11 is 11.6. The van der Waals surface area contributed by atoms with E-state index in [0.29, 0.717) is 5.69 Å². The van der Waals surface area contributed by atoms with Crippen molar-refractivity contribution in [2.45, 2.75) is 6.18 Å². The van der Waals surface area contributed by atoms with Crippen LogP contribution in [0.2, 0.25) is 10.0 Å². The van der Waals surface area contributed by atoms with Crippen molar-refractivity contribution in [1.82, 2.24) is 14.3 Å². The third-order valence-electron chi connectivity index (χ3n) is 3.29. The molecule has 0 radical (unpaired) electrons. The number of pyridine rings is 1. The van der Waals surface area contributed by atoms with Crippen molar-refractivity contribution in [3.05, 3.63) is 74.9 Å². The number of nitrogens with zero attached hydrogens (tertiary/aromatic N) is 3. The predicted octanol–water partition coefficient (Wildman–Crippen LogP) is 4.35. The van der Waals surface area contributed by atoms with Gasteiger partial charge in [0, 0.05) is 11.9 Å². The fraction of sp³-hybridized carbons (Fsp3) is 0.0667. The highest BCUT2D eigenvalue weighted by molar-refractivity contribution is 6.41. The van der Waals surface area contributed by atoms with E-state index in [4.69, 9.17) is 23.2 Å². The molecule has 124 valence electrons. The summed E-state index contributed by atoms with van der Waals surface area (Å²) in [6, 6.07) is 8.16. The number of aromatic nitrogens is 3. The maximum atomic E-state index is 12.9. The number of halogens is 5. The molecule has 0 bridgehead atoms. The largest absolute Gasteiger partial charge is 0.433 e. The Kier molecular flexibility index (Phi) is 4.15. The third-order valence-corrected chi connectivity index (χ3v) is 4.07. The molecule has 0 fully saturated rings. The molecular weight excluding hydrogens is 366 g/mol. The van der Waals surface area contributed by atoms with Crippen molar-refractivity contribution >= 4 is 23.2 Å². The summed E-state index contributed by atoms with van der Waals surface area (Å²) in [4.78, 5) is 12.1. The molecule has 0 saturated carbocycles. The number of benzene rings is 1. The van der Waals surface area contributed by atoms with Crippen LogP contribution >= 0.6 is 23.2 Å². The van der Waals surface area contributed by atoms with Crippen LogP contribution in [0.1, 0.15) is 5.69 Å². The van der Waals surface area contributed by atoms with Gasteiger partial charge in [0.25, 0.3) is 5.56 Å². The van der Waals surface area contributed by atoms with Crippen molar-refractivity contribution in [2.24, 2.45) is 0 Å². The Bertz CT molecular complexity index is 946. The van der Waals surface area contributed by atoms with Gasteiger partial charge in [-0.05, 0) is 36.4 Å². The number of alkyl halides is 3. The minimum Gasteiger partial charge on any atom is -0.283 e. The summed E-state index contributed by atoms with van der Waals surface area (Å²) in [6.07, 6.45) is -2.02. The van der Waals surface area contributed by atoms with Gasteiger partial charge in [0.1, 0.15) is 10.7 Å². The molecule has 3 rings (SSSR count). The number of hydrogen-bond donors (Lipinski definition) is 0. The summed E-state index contributed by atoms with van der Waals surface area (Å²) < 4.78 is 40.8. The normalized spacial score (nSPS) is 11.7. The fourth-order valence-electron chi connectivity index (χ4n) is 2.17. The van der Waals surface area contributed by atoms with Crippen LogP contribution < -0.4 is 5.56 Å². The molecule has 0 N–H and O–H groups in total. The smallest absolute Gasteiger partial charge is 0.283 e. The van der Waals surface area contributed by atoms with Crippen LogP contribution in [0.5, 0.6) is 0 Å². The molecule has 0 amide bonds. The first-order valence-corrected chi connectivity index (χ1v) is 7.33. The number of hydrogen-bond acceptors (Lipinski definition) is 2. The molecule has 0 saturated heterocycles. The van der Waals surface area contributed by atoms with E-state index in [9.17, 15) is 18.0 Å². The highest BCUT2D eigenvalue weighted by Crippen LogP contribution is 2.30. The molecule has 0 spiro atoms. The summed E-state index contributed by atoms with van der Waals surface area (Å²) in [5.74, 6) is 0. The molecule has 2 aromatic heterocycles. The molecule has 0 aliphatic heterocycles. The number of rotatable bonds is 2. The van der Waals surface area contributed by atoms with Crippen LogP contribution in [-0.2, 0) is 6.18 Å². The van der Waals surface area contributed by atoms with Crippen LogP contribution in [0.25, 0.3) is 11.4 Å². The highest BCUT2D eigenvalue weighted by Gasteiger charge is 2.35. The standard InChI is InChI=1S/C15H8Cl2F3N3O/c16-11-6-8-22(14(24)13(11)17)9-1-3-10(4-2-9)23-12(5-7-21-23)15(18,19)20/h1-8H. The predicted molar refractivity (Wildman–Crippen MR) is 84.2 cm³/mol. The lowest BCUT2D eigenvalue weighted by molar-refractivity contribution is -0.142.